The lowest BCUT2D eigenvalue weighted by Crippen LogP contribution is -2.32. The highest BCUT2D eigenvalue weighted by Crippen LogP contribution is 2.51. The van der Waals surface area contributed by atoms with Crippen molar-refractivity contribution in [3.05, 3.63) is 106 Å². The van der Waals surface area contributed by atoms with Gasteiger partial charge >= 0.3 is 0 Å². The SMILES string of the molecule is CN(C)c1ccc([C@@H]2Oc3ccc(Cl)cc3C3=C2[C@@H](c2ccccc2)n2ncnc2N3)cc1. The summed E-state index contributed by atoms with van der Waals surface area (Å²) in [4.78, 5) is 6.56. The van der Waals surface area contributed by atoms with Crippen molar-refractivity contribution in [1.29, 1.82) is 0 Å². The first-order chi connectivity index (χ1) is 16.1. The van der Waals surface area contributed by atoms with Gasteiger partial charge in [0.15, 0.2) is 0 Å². The number of benzene rings is 3. The number of rotatable bonds is 3. The smallest absolute Gasteiger partial charge is 0.226 e. The molecule has 0 aliphatic carbocycles. The van der Waals surface area contributed by atoms with Crippen LogP contribution in [0.1, 0.15) is 28.8 Å². The Morgan fingerprint density at radius 2 is 1.76 bits per heavy atom. The minimum Gasteiger partial charge on any atom is -0.480 e. The predicted octanol–water partition coefficient (Wildman–Crippen LogP) is 5.56. The summed E-state index contributed by atoms with van der Waals surface area (Å²) in [5.41, 5.74) is 6.29. The first kappa shape index (κ1) is 19.9. The van der Waals surface area contributed by atoms with Gasteiger partial charge in [-0.05, 0) is 41.5 Å². The van der Waals surface area contributed by atoms with Crippen LogP contribution in [0.4, 0.5) is 11.6 Å². The fourth-order valence-corrected chi connectivity index (χ4v) is 4.79. The van der Waals surface area contributed by atoms with Gasteiger partial charge in [-0.1, -0.05) is 54.1 Å². The first-order valence-electron chi connectivity index (χ1n) is 10.8. The van der Waals surface area contributed by atoms with Crippen LogP contribution < -0.4 is 15.0 Å². The van der Waals surface area contributed by atoms with Crippen LogP contribution in [0, 0.1) is 0 Å². The standard InChI is InChI=1S/C26H22ClN5O/c1-31(2)19-11-8-17(9-12-19)25-22-23(20-14-18(27)10-13-21(20)33-25)30-26-28-15-29-32(26)24(22)16-6-4-3-5-7-16/h3-15,24-25H,1-2H3,(H,28,29,30)/t24-,25+/m1/s1. The van der Waals surface area contributed by atoms with Gasteiger partial charge in [0, 0.05) is 35.9 Å². The summed E-state index contributed by atoms with van der Waals surface area (Å²) in [6.07, 6.45) is 1.28. The second-order valence-corrected chi connectivity index (χ2v) is 8.86. The molecule has 0 spiro atoms. The van der Waals surface area contributed by atoms with E-state index in [2.05, 4.69) is 56.7 Å². The Bertz CT molecular complexity index is 1360. The lowest BCUT2D eigenvalue weighted by Gasteiger charge is -2.39. The zero-order chi connectivity index (χ0) is 22.5. The van der Waals surface area contributed by atoms with E-state index in [0.29, 0.717) is 11.0 Å². The molecular formula is C26H22ClN5O. The maximum atomic E-state index is 6.65. The summed E-state index contributed by atoms with van der Waals surface area (Å²) >= 11 is 6.40. The second-order valence-electron chi connectivity index (χ2n) is 8.42. The molecule has 0 bridgehead atoms. The van der Waals surface area contributed by atoms with Crippen LogP contribution in [0.15, 0.2) is 84.7 Å². The molecule has 0 saturated carbocycles. The van der Waals surface area contributed by atoms with Gasteiger partial charge in [0.1, 0.15) is 24.2 Å². The average molecular weight is 456 g/mol. The fraction of sp³-hybridized carbons (Fsp3) is 0.154. The van der Waals surface area contributed by atoms with E-state index < -0.39 is 0 Å². The third-order valence-corrected chi connectivity index (χ3v) is 6.44. The van der Waals surface area contributed by atoms with Crippen LogP contribution in [0.25, 0.3) is 5.70 Å². The van der Waals surface area contributed by atoms with E-state index in [9.17, 15) is 0 Å². The number of hydrogen-bond donors (Lipinski definition) is 1. The molecule has 164 valence electrons. The molecule has 3 aromatic carbocycles. The Kier molecular flexibility index (Phi) is 4.62. The normalized spacial score (nSPS) is 18.5. The Morgan fingerprint density at radius 1 is 0.970 bits per heavy atom. The Morgan fingerprint density at radius 3 is 2.52 bits per heavy atom. The minimum atomic E-state index is -0.306. The molecule has 0 radical (unpaired) electrons. The summed E-state index contributed by atoms with van der Waals surface area (Å²) in [5.74, 6) is 1.48. The molecule has 0 unspecified atom stereocenters. The number of anilines is 2. The van der Waals surface area contributed by atoms with Crippen molar-refractivity contribution in [2.45, 2.75) is 12.1 Å². The number of fused-ring (bicyclic) bond motifs is 3. The number of aromatic nitrogens is 3. The largest absolute Gasteiger partial charge is 0.480 e. The topological polar surface area (TPSA) is 55.2 Å². The van der Waals surface area contributed by atoms with E-state index >= 15 is 0 Å². The molecule has 1 N–H and O–H groups in total. The van der Waals surface area contributed by atoms with E-state index in [4.69, 9.17) is 16.3 Å². The maximum Gasteiger partial charge on any atom is 0.226 e. The van der Waals surface area contributed by atoms with Crippen LogP contribution in [0.2, 0.25) is 5.02 Å². The molecule has 2 aliphatic heterocycles. The molecule has 2 atom stereocenters. The van der Waals surface area contributed by atoms with Crippen LogP contribution >= 0.6 is 11.6 Å². The van der Waals surface area contributed by atoms with E-state index in [1.807, 2.05) is 55.2 Å². The zero-order valence-electron chi connectivity index (χ0n) is 18.2. The molecule has 2 aliphatic rings. The van der Waals surface area contributed by atoms with E-state index in [1.54, 1.807) is 6.33 Å². The summed E-state index contributed by atoms with van der Waals surface area (Å²) in [5, 5.41) is 8.73. The fourth-order valence-electron chi connectivity index (χ4n) is 4.62. The average Bonchev–Trinajstić information content (AvgIpc) is 3.31. The van der Waals surface area contributed by atoms with E-state index in [-0.39, 0.29) is 12.1 Å². The first-order valence-corrected chi connectivity index (χ1v) is 11.2. The van der Waals surface area contributed by atoms with Crippen molar-refractivity contribution < 1.29 is 4.74 Å². The monoisotopic (exact) mass is 455 g/mol. The number of nitrogens with zero attached hydrogens (tertiary/aromatic N) is 4. The molecule has 6 nitrogen and oxygen atoms in total. The number of hydrogen-bond acceptors (Lipinski definition) is 5. The van der Waals surface area contributed by atoms with Crippen LogP contribution in [0.5, 0.6) is 5.75 Å². The summed E-state index contributed by atoms with van der Waals surface area (Å²) in [6.45, 7) is 0. The molecule has 3 heterocycles. The van der Waals surface area contributed by atoms with Gasteiger partial charge in [0.05, 0.1) is 5.70 Å². The van der Waals surface area contributed by atoms with E-state index in [0.717, 1.165) is 39.4 Å². The second kappa shape index (κ2) is 7.67. The van der Waals surface area contributed by atoms with Crippen LogP contribution in [-0.2, 0) is 0 Å². The van der Waals surface area contributed by atoms with Crippen LogP contribution in [0.3, 0.4) is 0 Å². The Hall–Kier alpha value is -3.77. The van der Waals surface area contributed by atoms with Gasteiger partial charge in [-0.2, -0.15) is 10.1 Å². The van der Waals surface area contributed by atoms with Crippen LogP contribution in [-0.4, -0.2) is 28.9 Å². The summed E-state index contributed by atoms with van der Waals surface area (Å²) in [6, 6.07) is 24.4. The van der Waals surface area contributed by atoms with Crippen molar-refractivity contribution in [3.8, 4) is 5.75 Å². The summed E-state index contributed by atoms with van der Waals surface area (Å²) < 4.78 is 8.58. The third kappa shape index (κ3) is 3.26. The van der Waals surface area contributed by atoms with Crippen molar-refractivity contribution in [1.82, 2.24) is 14.8 Å². The molecule has 4 aromatic rings. The number of ether oxygens (including phenoxy) is 1. The molecule has 0 saturated heterocycles. The summed E-state index contributed by atoms with van der Waals surface area (Å²) in [7, 11) is 4.07. The van der Waals surface area contributed by atoms with Crippen molar-refractivity contribution in [3.63, 3.8) is 0 Å². The molecule has 0 fully saturated rings. The van der Waals surface area contributed by atoms with E-state index in [1.165, 1.54) is 0 Å². The van der Waals surface area contributed by atoms with Crippen molar-refractivity contribution >= 4 is 28.9 Å². The third-order valence-electron chi connectivity index (χ3n) is 6.20. The highest BCUT2D eigenvalue weighted by Gasteiger charge is 2.40. The lowest BCUT2D eigenvalue weighted by molar-refractivity contribution is 0.223. The highest BCUT2D eigenvalue weighted by atomic mass is 35.5. The Labute approximate surface area is 197 Å². The maximum absolute atomic E-state index is 6.65. The predicted molar refractivity (Wildman–Crippen MR) is 131 cm³/mol. The molecule has 33 heavy (non-hydrogen) atoms. The van der Waals surface area contributed by atoms with Gasteiger partial charge < -0.3 is 15.0 Å². The van der Waals surface area contributed by atoms with Gasteiger partial charge in [0.2, 0.25) is 5.95 Å². The highest BCUT2D eigenvalue weighted by molar-refractivity contribution is 6.30. The molecular weight excluding hydrogens is 434 g/mol. The van der Waals surface area contributed by atoms with Crippen molar-refractivity contribution in [2.24, 2.45) is 0 Å². The quantitative estimate of drug-likeness (QED) is 0.438. The molecule has 1 aromatic heterocycles. The molecule has 7 heteroatoms. The molecule has 6 rings (SSSR count). The minimum absolute atomic E-state index is 0.175. The molecule has 0 amide bonds. The lowest BCUT2D eigenvalue weighted by atomic mass is 9.84. The van der Waals surface area contributed by atoms with Gasteiger partial charge in [-0.15, -0.1) is 0 Å². The van der Waals surface area contributed by atoms with Gasteiger partial charge in [-0.3, -0.25) is 0 Å². The van der Waals surface area contributed by atoms with Gasteiger partial charge in [-0.25, -0.2) is 4.68 Å². The zero-order valence-corrected chi connectivity index (χ0v) is 19.0. The van der Waals surface area contributed by atoms with Gasteiger partial charge in [0.25, 0.3) is 0 Å². The number of nitrogens with one attached hydrogen (secondary N) is 1. The Balaban J connectivity index is 1.59. The number of halogens is 1. The van der Waals surface area contributed by atoms with Crippen molar-refractivity contribution in [2.75, 3.05) is 24.3 Å².